The van der Waals surface area contributed by atoms with E-state index in [2.05, 4.69) is 15.9 Å². The lowest BCUT2D eigenvalue weighted by molar-refractivity contribution is -0.384. The Kier molecular flexibility index (Phi) is 5.12. The Morgan fingerprint density at radius 2 is 1.93 bits per heavy atom. The molecule has 0 unspecified atom stereocenters. The second kappa shape index (κ2) is 7.21. The van der Waals surface area contributed by atoms with Gasteiger partial charge in [0.1, 0.15) is 0 Å². The van der Waals surface area contributed by atoms with Crippen LogP contribution in [0.15, 0.2) is 46.9 Å². The zero-order valence-corrected chi connectivity index (χ0v) is 16.1. The van der Waals surface area contributed by atoms with Crippen molar-refractivity contribution >= 4 is 39.0 Å². The number of nitrogens with zero attached hydrogens (tertiary/aromatic N) is 2. The van der Waals surface area contributed by atoms with E-state index in [9.17, 15) is 24.8 Å². The van der Waals surface area contributed by atoms with Crippen LogP contribution in [0.5, 0.6) is 0 Å². The van der Waals surface area contributed by atoms with Gasteiger partial charge in [0.15, 0.2) is 11.4 Å². The maximum Gasteiger partial charge on any atom is 0.269 e. The number of benzene rings is 2. The Hall–Kier alpha value is -2.58. The van der Waals surface area contributed by atoms with E-state index in [1.807, 2.05) is 6.92 Å². The number of nitro groups is 1. The number of hydrogen-bond donors (Lipinski definition) is 1. The quantitative estimate of drug-likeness (QED) is 0.427. The van der Waals surface area contributed by atoms with Crippen molar-refractivity contribution in [3.8, 4) is 0 Å². The maximum absolute atomic E-state index is 12.9. The van der Waals surface area contributed by atoms with E-state index in [-0.39, 0.29) is 11.3 Å². The number of Topliss-reactive ketones (excluding diaryl/α,β-unsaturated/α-hetero) is 1. The molecule has 0 saturated heterocycles. The van der Waals surface area contributed by atoms with E-state index in [1.54, 1.807) is 18.2 Å². The number of halogens is 1. The normalized spacial score (nSPS) is 18.5. The third kappa shape index (κ3) is 3.38. The van der Waals surface area contributed by atoms with Crippen molar-refractivity contribution in [2.45, 2.75) is 25.4 Å². The second-order valence-corrected chi connectivity index (χ2v) is 7.30. The Balaban J connectivity index is 1.95. The highest BCUT2D eigenvalue weighted by molar-refractivity contribution is 9.10. The average Bonchev–Trinajstić information content (AvgIpc) is 2.84. The van der Waals surface area contributed by atoms with Gasteiger partial charge in [-0.05, 0) is 36.8 Å². The smallest absolute Gasteiger partial charge is 0.269 e. The Bertz CT molecular complexity index is 928. The molecule has 0 fully saturated rings. The molecule has 0 aromatic heterocycles. The summed E-state index contributed by atoms with van der Waals surface area (Å²) in [6, 6.07) is 10.3. The number of fused-ring (bicyclic) bond motifs is 1. The van der Waals surface area contributed by atoms with Crippen LogP contribution in [0.1, 0.15) is 35.7 Å². The van der Waals surface area contributed by atoms with Crippen molar-refractivity contribution in [2.24, 2.45) is 0 Å². The number of carbonyl (C=O) groups excluding carboxylic acids is 2. The average molecular weight is 433 g/mol. The topological polar surface area (TPSA) is 101 Å². The van der Waals surface area contributed by atoms with Crippen LogP contribution in [0, 0.1) is 10.1 Å². The number of carbonyl (C=O) groups is 2. The number of aliphatic hydroxyl groups is 1. The van der Waals surface area contributed by atoms with Crippen molar-refractivity contribution in [1.29, 1.82) is 0 Å². The monoisotopic (exact) mass is 432 g/mol. The van der Waals surface area contributed by atoms with Crippen LogP contribution in [0.3, 0.4) is 0 Å². The van der Waals surface area contributed by atoms with E-state index < -0.39 is 28.6 Å². The van der Waals surface area contributed by atoms with E-state index in [0.717, 1.165) is 0 Å². The maximum atomic E-state index is 12.9. The molecular formula is C19H17BrN2O5. The summed E-state index contributed by atoms with van der Waals surface area (Å²) in [5.74, 6) is -1.00. The predicted octanol–water partition coefficient (Wildman–Crippen LogP) is 3.57. The zero-order chi connectivity index (χ0) is 19.8. The van der Waals surface area contributed by atoms with Gasteiger partial charge in [-0.25, -0.2) is 0 Å². The standard InChI is InChI=1S/C19H17BrN2O5/c1-2-9-21-16-8-5-13(20)10-15(16)19(25,18(21)24)11-17(23)12-3-6-14(7-4-12)22(26)27/h3-8,10,25H,2,9,11H2,1H3/t19-/m1/s1. The molecule has 0 aliphatic carbocycles. The van der Waals surface area contributed by atoms with Crippen molar-refractivity contribution in [3.05, 3.63) is 68.2 Å². The summed E-state index contributed by atoms with van der Waals surface area (Å²) in [6.45, 7) is 2.35. The molecular weight excluding hydrogens is 416 g/mol. The third-order valence-corrected chi connectivity index (χ3v) is 5.05. The summed E-state index contributed by atoms with van der Waals surface area (Å²) in [4.78, 5) is 37.3. The van der Waals surface area contributed by atoms with Gasteiger partial charge < -0.3 is 10.0 Å². The molecule has 0 bridgehead atoms. The molecule has 7 nitrogen and oxygen atoms in total. The number of anilines is 1. The number of ketones is 1. The van der Waals surface area contributed by atoms with Crippen LogP contribution in [0.25, 0.3) is 0 Å². The number of nitro benzene ring substituents is 1. The predicted molar refractivity (Wildman–Crippen MR) is 103 cm³/mol. The minimum absolute atomic E-state index is 0.134. The van der Waals surface area contributed by atoms with Crippen LogP contribution in [0.4, 0.5) is 11.4 Å². The highest BCUT2D eigenvalue weighted by atomic mass is 79.9. The molecule has 1 amide bonds. The van der Waals surface area contributed by atoms with Crippen LogP contribution in [0.2, 0.25) is 0 Å². The van der Waals surface area contributed by atoms with Crippen LogP contribution in [-0.2, 0) is 10.4 Å². The third-order valence-electron chi connectivity index (χ3n) is 4.56. The fraction of sp³-hybridized carbons (Fsp3) is 0.263. The first kappa shape index (κ1) is 19.2. The summed E-state index contributed by atoms with van der Waals surface area (Å²) in [7, 11) is 0. The lowest BCUT2D eigenvalue weighted by atomic mass is 9.88. The van der Waals surface area contributed by atoms with Crippen molar-refractivity contribution in [1.82, 2.24) is 0 Å². The minimum atomic E-state index is -1.97. The molecule has 1 atom stereocenters. The first-order valence-corrected chi connectivity index (χ1v) is 9.19. The number of rotatable bonds is 6. The highest BCUT2D eigenvalue weighted by Crippen LogP contribution is 2.44. The second-order valence-electron chi connectivity index (χ2n) is 6.38. The molecule has 2 aromatic carbocycles. The van der Waals surface area contributed by atoms with Crippen LogP contribution >= 0.6 is 15.9 Å². The summed E-state index contributed by atoms with van der Waals surface area (Å²) >= 11 is 3.34. The van der Waals surface area contributed by atoms with Crippen molar-refractivity contribution < 1.29 is 19.6 Å². The summed E-state index contributed by atoms with van der Waals surface area (Å²) in [5.41, 5.74) is -0.930. The first-order chi connectivity index (χ1) is 12.8. The van der Waals surface area contributed by atoms with E-state index in [1.165, 1.54) is 29.2 Å². The summed E-state index contributed by atoms with van der Waals surface area (Å²) in [6.07, 6.45) is 0.265. The van der Waals surface area contributed by atoms with Crippen LogP contribution < -0.4 is 4.90 Å². The lowest BCUT2D eigenvalue weighted by Crippen LogP contribution is -2.42. The van der Waals surface area contributed by atoms with Gasteiger partial charge >= 0.3 is 0 Å². The van der Waals surface area contributed by atoms with Gasteiger partial charge in [0.2, 0.25) is 0 Å². The SMILES string of the molecule is CCCN1C(=O)[C@@](O)(CC(=O)c2ccc([N+](=O)[O-])cc2)c2cc(Br)ccc21. The minimum Gasteiger partial charge on any atom is -0.375 e. The van der Waals surface area contributed by atoms with E-state index in [0.29, 0.717) is 28.7 Å². The first-order valence-electron chi connectivity index (χ1n) is 8.40. The van der Waals surface area contributed by atoms with Crippen LogP contribution in [-0.4, -0.2) is 28.3 Å². The van der Waals surface area contributed by atoms with Gasteiger partial charge in [-0.15, -0.1) is 0 Å². The zero-order valence-electron chi connectivity index (χ0n) is 14.5. The number of non-ortho nitro benzene ring substituents is 1. The Morgan fingerprint density at radius 3 is 2.52 bits per heavy atom. The molecule has 3 rings (SSSR count). The highest BCUT2D eigenvalue weighted by Gasteiger charge is 2.50. The summed E-state index contributed by atoms with van der Waals surface area (Å²) in [5, 5.41) is 21.9. The Morgan fingerprint density at radius 1 is 1.26 bits per heavy atom. The number of hydrogen-bond acceptors (Lipinski definition) is 5. The molecule has 8 heteroatoms. The fourth-order valence-corrected chi connectivity index (χ4v) is 3.60. The molecule has 1 aliphatic heterocycles. The van der Waals surface area contributed by atoms with Gasteiger partial charge in [-0.3, -0.25) is 19.7 Å². The Labute approximate surface area is 163 Å². The van der Waals surface area contributed by atoms with Gasteiger partial charge in [0, 0.05) is 34.3 Å². The van der Waals surface area contributed by atoms with Gasteiger partial charge in [0.25, 0.3) is 11.6 Å². The molecule has 0 spiro atoms. The molecule has 1 heterocycles. The number of amides is 1. The molecule has 2 aromatic rings. The molecule has 1 N–H and O–H groups in total. The van der Waals surface area contributed by atoms with E-state index in [4.69, 9.17) is 0 Å². The van der Waals surface area contributed by atoms with Gasteiger partial charge in [-0.1, -0.05) is 22.9 Å². The molecule has 0 saturated carbocycles. The lowest BCUT2D eigenvalue weighted by Gasteiger charge is -2.22. The molecule has 27 heavy (non-hydrogen) atoms. The molecule has 0 radical (unpaired) electrons. The molecule has 1 aliphatic rings. The fourth-order valence-electron chi connectivity index (χ4n) is 3.24. The van der Waals surface area contributed by atoms with Gasteiger partial charge in [-0.2, -0.15) is 0 Å². The molecule has 140 valence electrons. The van der Waals surface area contributed by atoms with Gasteiger partial charge in [0.05, 0.1) is 17.0 Å². The van der Waals surface area contributed by atoms with E-state index >= 15 is 0 Å². The van der Waals surface area contributed by atoms with Crippen molar-refractivity contribution in [2.75, 3.05) is 11.4 Å². The van der Waals surface area contributed by atoms with Crippen molar-refractivity contribution in [3.63, 3.8) is 0 Å². The largest absolute Gasteiger partial charge is 0.375 e. The summed E-state index contributed by atoms with van der Waals surface area (Å²) < 4.78 is 0.689.